The first-order valence-electron chi connectivity index (χ1n) is 6.29. The van der Waals surface area contributed by atoms with Gasteiger partial charge in [-0.15, -0.1) is 0 Å². The number of aromatic nitrogens is 4. The summed E-state index contributed by atoms with van der Waals surface area (Å²) in [5, 5.41) is 6.94. The maximum absolute atomic E-state index is 12.3. The molecule has 0 radical (unpaired) electrons. The third-order valence-electron chi connectivity index (χ3n) is 2.99. The van der Waals surface area contributed by atoms with E-state index in [-0.39, 0.29) is 5.91 Å². The molecule has 0 unspecified atom stereocenters. The minimum Gasteiger partial charge on any atom is -0.306 e. The maximum atomic E-state index is 12.3. The Morgan fingerprint density at radius 2 is 2.10 bits per heavy atom. The van der Waals surface area contributed by atoms with E-state index < -0.39 is 0 Å². The molecule has 0 saturated carbocycles. The van der Waals surface area contributed by atoms with E-state index in [9.17, 15) is 4.79 Å². The van der Waals surface area contributed by atoms with Crippen LogP contribution in [-0.4, -0.2) is 25.5 Å². The predicted molar refractivity (Wildman–Crippen MR) is 82.4 cm³/mol. The van der Waals surface area contributed by atoms with Crippen LogP contribution in [0.25, 0.3) is 5.65 Å². The number of halogens is 1. The van der Waals surface area contributed by atoms with Gasteiger partial charge in [-0.25, -0.2) is 14.5 Å². The molecule has 106 valence electrons. The third kappa shape index (κ3) is 2.64. The van der Waals surface area contributed by atoms with Gasteiger partial charge < -0.3 is 5.32 Å². The van der Waals surface area contributed by atoms with Gasteiger partial charge in [0.15, 0.2) is 5.65 Å². The maximum Gasteiger partial charge on any atom is 0.262 e. The van der Waals surface area contributed by atoms with Gasteiger partial charge in [-0.05, 0) is 48.0 Å². The van der Waals surface area contributed by atoms with E-state index in [1.165, 1.54) is 6.20 Å². The molecule has 0 bridgehead atoms. The molecule has 0 fully saturated rings. The topological polar surface area (TPSA) is 72.2 Å². The van der Waals surface area contributed by atoms with Crippen molar-refractivity contribution in [1.82, 2.24) is 19.6 Å². The Kier molecular flexibility index (Phi) is 3.42. The SMILES string of the molecule is Cc1cc(C)n2ncc(C(=O)Nc3ccc(Br)cn3)c2n1. The van der Waals surface area contributed by atoms with Crippen LogP contribution < -0.4 is 5.32 Å². The Morgan fingerprint density at radius 3 is 2.81 bits per heavy atom. The van der Waals surface area contributed by atoms with Crippen LogP contribution >= 0.6 is 15.9 Å². The normalized spacial score (nSPS) is 10.8. The van der Waals surface area contributed by atoms with E-state index in [0.29, 0.717) is 17.0 Å². The average molecular weight is 346 g/mol. The monoisotopic (exact) mass is 345 g/mol. The van der Waals surface area contributed by atoms with Crippen molar-refractivity contribution in [3.05, 3.63) is 52.0 Å². The van der Waals surface area contributed by atoms with Crippen LogP contribution in [0.4, 0.5) is 5.82 Å². The number of hydrogen-bond donors (Lipinski definition) is 1. The Morgan fingerprint density at radius 1 is 1.29 bits per heavy atom. The van der Waals surface area contributed by atoms with Gasteiger partial charge in [-0.2, -0.15) is 5.10 Å². The highest BCUT2D eigenvalue weighted by molar-refractivity contribution is 9.10. The molecule has 0 aliphatic rings. The second-order valence-electron chi connectivity index (χ2n) is 4.65. The number of fused-ring (bicyclic) bond motifs is 1. The minimum absolute atomic E-state index is 0.280. The second kappa shape index (κ2) is 5.25. The van der Waals surface area contributed by atoms with Crippen molar-refractivity contribution in [2.24, 2.45) is 0 Å². The fourth-order valence-corrected chi connectivity index (χ4v) is 2.30. The zero-order valence-electron chi connectivity index (χ0n) is 11.5. The van der Waals surface area contributed by atoms with Crippen molar-refractivity contribution in [3.63, 3.8) is 0 Å². The summed E-state index contributed by atoms with van der Waals surface area (Å²) >= 11 is 3.30. The van der Waals surface area contributed by atoms with E-state index in [2.05, 4.69) is 36.3 Å². The summed E-state index contributed by atoms with van der Waals surface area (Å²) in [6, 6.07) is 5.45. The summed E-state index contributed by atoms with van der Waals surface area (Å²) in [5.74, 6) is 0.198. The molecule has 0 aliphatic heterocycles. The smallest absolute Gasteiger partial charge is 0.262 e. The van der Waals surface area contributed by atoms with Crippen molar-refractivity contribution in [3.8, 4) is 0 Å². The molecule has 0 aliphatic carbocycles. The molecule has 3 heterocycles. The van der Waals surface area contributed by atoms with Gasteiger partial charge in [0.25, 0.3) is 5.91 Å². The number of anilines is 1. The van der Waals surface area contributed by atoms with Gasteiger partial charge in [0.05, 0.1) is 6.20 Å². The lowest BCUT2D eigenvalue weighted by Crippen LogP contribution is -2.13. The molecule has 3 aromatic heterocycles. The number of rotatable bonds is 2. The van der Waals surface area contributed by atoms with Gasteiger partial charge in [0.2, 0.25) is 0 Å². The summed E-state index contributed by atoms with van der Waals surface area (Å²) in [4.78, 5) is 20.8. The summed E-state index contributed by atoms with van der Waals surface area (Å²) in [5.41, 5.74) is 2.74. The van der Waals surface area contributed by atoms with Crippen LogP contribution in [0.1, 0.15) is 21.7 Å². The van der Waals surface area contributed by atoms with Gasteiger partial charge in [-0.1, -0.05) is 0 Å². The third-order valence-corrected chi connectivity index (χ3v) is 3.46. The molecule has 3 aromatic rings. The molecular formula is C14H12BrN5O. The Bertz CT molecular complexity index is 825. The van der Waals surface area contributed by atoms with Crippen LogP contribution in [0, 0.1) is 13.8 Å². The molecule has 0 atom stereocenters. The van der Waals surface area contributed by atoms with E-state index >= 15 is 0 Å². The molecule has 0 aromatic carbocycles. The predicted octanol–water partition coefficient (Wildman–Crippen LogP) is 2.76. The molecule has 7 heteroatoms. The van der Waals surface area contributed by atoms with Crippen molar-refractivity contribution in [2.45, 2.75) is 13.8 Å². The molecule has 0 saturated heterocycles. The zero-order chi connectivity index (χ0) is 15.0. The lowest BCUT2D eigenvalue weighted by molar-refractivity contribution is 0.102. The van der Waals surface area contributed by atoms with E-state index in [1.807, 2.05) is 26.0 Å². The molecular weight excluding hydrogens is 334 g/mol. The fourth-order valence-electron chi connectivity index (χ4n) is 2.06. The highest BCUT2D eigenvalue weighted by atomic mass is 79.9. The first-order chi connectivity index (χ1) is 10.0. The highest BCUT2D eigenvalue weighted by Gasteiger charge is 2.15. The molecule has 3 rings (SSSR count). The van der Waals surface area contributed by atoms with Crippen LogP contribution in [0.5, 0.6) is 0 Å². The van der Waals surface area contributed by atoms with Gasteiger partial charge in [0, 0.05) is 22.1 Å². The Labute approximate surface area is 129 Å². The van der Waals surface area contributed by atoms with E-state index in [0.717, 1.165) is 15.9 Å². The Hall–Kier alpha value is -2.28. The standard InChI is InChI=1S/C14H12BrN5O/c1-8-5-9(2)20-13(18-8)11(7-17-20)14(21)19-12-4-3-10(15)6-16-12/h3-7H,1-2H3,(H,16,19,21). The van der Waals surface area contributed by atoms with Crippen molar-refractivity contribution >= 4 is 33.3 Å². The number of hydrogen-bond acceptors (Lipinski definition) is 4. The zero-order valence-corrected chi connectivity index (χ0v) is 13.0. The number of amides is 1. The van der Waals surface area contributed by atoms with E-state index in [4.69, 9.17) is 0 Å². The van der Waals surface area contributed by atoms with Crippen molar-refractivity contribution in [1.29, 1.82) is 0 Å². The number of pyridine rings is 1. The van der Waals surface area contributed by atoms with Crippen molar-refractivity contribution < 1.29 is 4.79 Å². The fraction of sp³-hybridized carbons (Fsp3) is 0.143. The number of aryl methyl sites for hydroxylation is 2. The summed E-state index contributed by atoms with van der Waals surface area (Å²) in [6.45, 7) is 3.81. The van der Waals surface area contributed by atoms with Crippen molar-refractivity contribution in [2.75, 3.05) is 5.32 Å². The number of nitrogens with one attached hydrogen (secondary N) is 1. The second-order valence-corrected chi connectivity index (χ2v) is 5.56. The number of carbonyl (C=O) groups excluding carboxylic acids is 1. The van der Waals surface area contributed by atoms with Gasteiger partial charge >= 0.3 is 0 Å². The molecule has 6 nitrogen and oxygen atoms in total. The first-order valence-corrected chi connectivity index (χ1v) is 7.09. The van der Waals surface area contributed by atoms with Gasteiger partial charge in [-0.3, -0.25) is 4.79 Å². The van der Waals surface area contributed by atoms with E-state index in [1.54, 1.807) is 16.8 Å². The summed E-state index contributed by atoms with van der Waals surface area (Å²) in [7, 11) is 0. The molecule has 1 N–H and O–H groups in total. The van der Waals surface area contributed by atoms with Gasteiger partial charge in [0.1, 0.15) is 11.4 Å². The lowest BCUT2D eigenvalue weighted by atomic mass is 10.3. The molecule has 1 amide bonds. The number of nitrogens with zero attached hydrogens (tertiary/aromatic N) is 4. The average Bonchev–Trinajstić information content (AvgIpc) is 2.85. The lowest BCUT2D eigenvalue weighted by Gasteiger charge is -2.04. The van der Waals surface area contributed by atoms with Crippen LogP contribution in [0.2, 0.25) is 0 Å². The first kappa shape index (κ1) is 13.7. The van der Waals surface area contributed by atoms with Crippen LogP contribution in [0.3, 0.4) is 0 Å². The summed E-state index contributed by atoms with van der Waals surface area (Å²) in [6.07, 6.45) is 3.14. The molecule has 21 heavy (non-hydrogen) atoms. The van der Waals surface area contributed by atoms with Crippen LogP contribution in [0.15, 0.2) is 35.1 Å². The quantitative estimate of drug-likeness (QED) is 0.775. The van der Waals surface area contributed by atoms with Crippen LogP contribution in [-0.2, 0) is 0 Å². The Balaban J connectivity index is 1.96. The largest absolute Gasteiger partial charge is 0.306 e. The minimum atomic E-state index is -0.280. The summed E-state index contributed by atoms with van der Waals surface area (Å²) < 4.78 is 2.50. The number of carbonyl (C=O) groups is 1. The highest BCUT2D eigenvalue weighted by Crippen LogP contribution is 2.15. The molecule has 0 spiro atoms.